The van der Waals surface area contributed by atoms with Crippen LogP contribution >= 0.6 is 11.6 Å². The van der Waals surface area contributed by atoms with Crippen molar-refractivity contribution in [2.75, 3.05) is 13.1 Å². The Balaban J connectivity index is 1.97. The number of rotatable bonds is 8. The van der Waals surface area contributed by atoms with Crippen molar-refractivity contribution >= 4 is 23.4 Å². The third-order valence-electron chi connectivity index (χ3n) is 4.03. The summed E-state index contributed by atoms with van der Waals surface area (Å²) in [5, 5.41) is 3.54. The third kappa shape index (κ3) is 5.60. The molecule has 26 heavy (non-hydrogen) atoms. The fraction of sp³-hybridized carbons (Fsp3) is 0.333. The van der Waals surface area contributed by atoms with E-state index in [1.807, 2.05) is 17.0 Å². The predicted molar refractivity (Wildman–Crippen MR) is 106 cm³/mol. The Bertz CT molecular complexity index is 721. The molecule has 0 atom stereocenters. The summed E-state index contributed by atoms with van der Waals surface area (Å²) in [5.41, 5.74) is 2.12. The lowest BCUT2D eigenvalue weighted by molar-refractivity contribution is 0.0755. The molecule has 2 aromatic rings. The van der Waals surface area contributed by atoms with Crippen molar-refractivity contribution < 1.29 is 9.59 Å². The highest BCUT2D eigenvalue weighted by Gasteiger charge is 2.15. The van der Waals surface area contributed by atoms with E-state index in [1.165, 1.54) is 0 Å². The van der Waals surface area contributed by atoms with Gasteiger partial charge in [-0.05, 0) is 54.8 Å². The van der Waals surface area contributed by atoms with Crippen molar-refractivity contribution in [3.8, 4) is 0 Å². The number of carbonyl (C=O) groups excluding carboxylic acids is 2. The maximum absolute atomic E-state index is 12.6. The zero-order valence-corrected chi connectivity index (χ0v) is 16.1. The van der Waals surface area contributed by atoms with E-state index in [0.29, 0.717) is 22.7 Å². The summed E-state index contributed by atoms with van der Waals surface area (Å²) in [6, 6.07) is 14.2. The molecule has 0 bridgehead atoms. The molecule has 0 spiro atoms. The van der Waals surface area contributed by atoms with Gasteiger partial charge in [0.25, 0.3) is 11.8 Å². The first-order chi connectivity index (χ1) is 12.5. The van der Waals surface area contributed by atoms with Crippen molar-refractivity contribution in [1.82, 2.24) is 10.2 Å². The monoisotopic (exact) mass is 372 g/mol. The lowest BCUT2D eigenvalue weighted by atomic mass is 10.1. The van der Waals surface area contributed by atoms with Crippen LogP contribution in [0.2, 0.25) is 5.02 Å². The number of nitrogens with zero attached hydrogens (tertiary/aromatic N) is 1. The van der Waals surface area contributed by atoms with Crippen LogP contribution in [0.4, 0.5) is 0 Å². The number of nitrogens with one attached hydrogen (secondary N) is 1. The maximum atomic E-state index is 12.6. The van der Waals surface area contributed by atoms with Gasteiger partial charge in [-0.15, -0.1) is 0 Å². The first-order valence-electron chi connectivity index (χ1n) is 8.97. The molecular weight excluding hydrogens is 348 g/mol. The number of halogens is 1. The predicted octanol–water partition coefficient (Wildman–Crippen LogP) is 4.53. The lowest BCUT2D eigenvalue weighted by Crippen LogP contribution is -2.32. The standard InChI is InChI=1S/C21H25ClN2O2/c1-3-13-24(14-4-2)21(26)18-9-7-17(8-10-18)20(25)23-15-16-5-11-19(22)12-6-16/h5-12H,3-4,13-15H2,1-2H3,(H,23,25). The van der Waals surface area contributed by atoms with Gasteiger partial charge in [0.2, 0.25) is 0 Å². The molecule has 0 fully saturated rings. The molecule has 2 rings (SSSR count). The van der Waals surface area contributed by atoms with Gasteiger partial charge >= 0.3 is 0 Å². The van der Waals surface area contributed by atoms with Crippen LogP contribution in [0, 0.1) is 0 Å². The second-order valence-electron chi connectivity index (χ2n) is 6.18. The molecule has 5 heteroatoms. The first kappa shape index (κ1) is 20.0. The second-order valence-corrected chi connectivity index (χ2v) is 6.62. The van der Waals surface area contributed by atoms with Crippen LogP contribution in [0.5, 0.6) is 0 Å². The van der Waals surface area contributed by atoms with E-state index < -0.39 is 0 Å². The van der Waals surface area contributed by atoms with E-state index in [-0.39, 0.29) is 11.8 Å². The van der Waals surface area contributed by atoms with Gasteiger partial charge in [0.15, 0.2) is 0 Å². The Kier molecular flexibility index (Phi) is 7.67. The number of amides is 2. The Morgan fingerprint density at radius 3 is 1.96 bits per heavy atom. The van der Waals surface area contributed by atoms with Gasteiger partial charge in [0.1, 0.15) is 0 Å². The van der Waals surface area contributed by atoms with E-state index >= 15 is 0 Å². The highest BCUT2D eigenvalue weighted by Crippen LogP contribution is 2.11. The minimum absolute atomic E-state index is 0.0156. The molecule has 2 amide bonds. The molecule has 138 valence electrons. The van der Waals surface area contributed by atoms with Crippen LogP contribution in [-0.4, -0.2) is 29.8 Å². The summed E-state index contributed by atoms with van der Waals surface area (Å²) in [6.45, 7) is 6.04. The van der Waals surface area contributed by atoms with E-state index in [0.717, 1.165) is 31.5 Å². The minimum Gasteiger partial charge on any atom is -0.348 e. The SMILES string of the molecule is CCCN(CCC)C(=O)c1ccc(C(=O)NCc2ccc(Cl)cc2)cc1. The second kappa shape index (κ2) is 9.97. The molecule has 2 aromatic carbocycles. The molecule has 0 heterocycles. The van der Waals surface area contributed by atoms with Gasteiger partial charge in [-0.3, -0.25) is 9.59 Å². The number of hydrogen-bond donors (Lipinski definition) is 1. The zero-order chi connectivity index (χ0) is 18.9. The summed E-state index contributed by atoms with van der Waals surface area (Å²) in [4.78, 5) is 26.7. The average Bonchev–Trinajstić information content (AvgIpc) is 2.66. The Labute approximate surface area is 160 Å². The first-order valence-corrected chi connectivity index (χ1v) is 9.35. The van der Waals surface area contributed by atoms with Gasteiger partial charge in [0, 0.05) is 35.8 Å². The van der Waals surface area contributed by atoms with Crippen LogP contribution in [0.1, 0.15) is 53.0 Å². The Hall–Kier alpha value is -2.33. The van der Waals surface area contributed by atoms with Crippen molar-refractivity contribution in [3.63, 3.8) is 0 Å². The van der Waals surface area contributed by atoms with Gasteiger partial charge in [-0.25, -0.2) is 0 Å². The molecule has 0 aromatic heterocycles. The van der Waals surface area contributed by atoms with Crippen LogP contribution in [0.15, 0.2) is 48.5 Å². The van der Waals surface area contributed by atoms with Crippen molar-refractivity contribution in [2.45, 2.75) is 33.2 Å². The highest BCUT2D eigenvalue weighted by atomic mass is 35.5. The quantitative estimate of drug-likeness (QED) is 0.739. The van der Waals surface area contributed by atoms with Crippen LogP contribution in [0.3, 0.4) is 0 Å². The van der Waals surface area contributed by atoms with Gasteiger partial charge in [0.05, 0.1) is 0 Å². The fourth-order valence-corrected chi connectivity index (χ4v) is 2.81. The Morgan fingerprint density at radius 1 is 0.885 bits per heavy atom. The molecule has 0 aliphatic carbocycles. The largest absolute Gasteiger partial charge is 0.348 e. The molecule has 0 unspecified atom stereocenters. The molecule has 0 aliphatic heterocycles. The van der Waals surface area contributed by atoms with Gasteiger partial charge in [-0.2, -0.15) is 0 Å². The summed E-state index contributed by atoms with van der Waals surface area (Å²) in [6.07, 6.45) is 1.86. The third-order valence-corrected chi connectivity index (χ3v) is 4.29. The van der Waals surface area contributed by atoms with E-state index in [2.05, 4.69) is 19.2 Å². The summed E-state index contributed by atoms with van der Waals surface area (Å²) >= 11 is 5.85. The lowest BCUT2D eigenvalue weighted by Gasteiger charge is -2.21. The minimum atomic E-state index is -0.169. The summed E-state index contributed by atoms with van der Waals surface area (Å²) < 4.78 is 0. The number of hydrogen-bond acceptors (Lipinski definition) is 2. The van der Waals surface area contributed by atoms with E-state index in [9.17, 15) is 9.59 Å². The molecule has 0 saturated heterocycles. The molecule has 4 nitrogen and oxygen atoms in total. The molecule has 0 aliphatic rings. The van der Waals surface area contributed by atoms with E-state index in [4.69, 9.17) is 11.6 Å². The topological polar surface area (TPSA) is 49.4 Å². The molecule has 0 radical (unpaired) electrons. The van der Waals surface area contributed by atoms with Crippen molar-refractivity contribution in [1.29, 1.82) is 0 Å². The molecule has 0 saturated carbocycles. The van der Waals surface area contributed by atoms with Gasteiger partial charge < -0.3 is 10.2 Å². The Morgan fingerprint density at radius 2 is 1.42 bits per heavy atom. The van der Waals surface area contributed by atoms with Crippen LogP contribution in [-0.2, 0) is 6.54 Å². The number of carbonyl (C=O) groups is 2. The van der Waals surface area contributed by atoms with Crippen LogP contribution < -0.4 is 5.32 Å². The number of benzene rings is 2. The maximum Gasteiger partial charge on any atom is 0.253 e. The molecular formula is C21H25ClN2O2. The summed E-state index contributed by atoms with van der Waals surface area (Å²) in [5.74, 6) is -0.153. The summed E-state index contributed by atoms with van der Waals surface area (Å²) in [7, 11) is 0. The average molecular weight is 373 g/mol. The zero-order valence-electron chi connectivity index (χ0n) is 15.3. The van der Waals surface area contributed by atoms with Crippen molar-refractivity contribution in [3.05, 3.63) is 70.2 Å². The van der Waals surface area contributed by atoms with Gasteiger partial charge in [-0.1, -0.05) is 37.6 Å². The molecule has 1 N–H and O–H groups in total. The normalized spacial score (nSPS) is 10.4. The highest BCUT2D eigenvalue weighted by molar-refractivity contribution is 6.30. The fourth-order valence-electron chi connectivity index (χ4n) is 2.69. The smallest absolute Gasteiger partial charge is 0.253 e. The van der Waals surface area contributed by atoms with Crippen LogP contribution in [0.25, 0.3) is 0 Å². The van der Waals surface area contributed by atoms with Crippen molar-refractivity contribution in [2.24, 2.45) is 0 Å². The van der Waals surface area contributed by atoms with E-state index in [1.54, 1.807) is 36.4 Å².